The first-order valence-corrected chi connectivity index (χ1v) is 8.61. The van der Waals surface area contributed by atoms with Gasteiger partial charge in [-0.25, -0.2) is 0 Å². The molecule has 0 heterocycles. The topological polar surface area (TPSA) is 15.3 Å². The molecule has 0 aliphatic carbocycles. The van der Waals surface area contributed by atoms with Crippen molar-refractivity contribution in [3.63, 3.8) is 0 Å². The van der Waals surface area contributed by atoms with Crippen LogP contribution in [0.5, 0.6) is 0 Å². The van der Waals surface area contributed by atoms with Crippen molar-refractivity contribution < 1.29 is 0 Å². The summed E-state index contributed by atoms with van der Waals surface area (Å²) in [5.74, 6) is 0.727. The molecule has 0 fully saturated rings. The highest BCUT2D eigenvalue weighted by atomic mass is 15.1. The number of likely N-dealkylation sites (N-methyl/N-ethyl adjacent to an activating group) is 1. The second-order valence-corrected chi connectivity index (χ2v) is 6.45. The lowest BCUT2D eigenvalue weighted by Crippen LogP contribution is -2.33. The molecule has 1 atom stereocenters. The van der Waals surface area contributed by atoms with Crippen LogP contribution >= 0.6 is 0 Å². The second-order valence-electron chi connectivity index (χ2n) is 6.45. The summed E-state index contributed by atoms with van der Waals surface area (Å²) in [7, 11) is 0. The first-order chi connectivity index (χ1) is 10.1. The van der Waals surface area contributed by atoms with Crippen LogP contribution in [0.4, 0.5) is 0 Å². The molecule has 0 radical (unpaired) electrons. The van der Waals surface area contributed by atoms with Gasteiger partial charge in [-0.1, -0.05) is 52.0 Å². The molecule has 1 unspecified atom stereocenters. The Kier molecular flexibility index (Phi) is 8.63. The van der Waals surface area contributed by atoms with E-state index in [1.54, 1.807) is 0 Å². The molecule has 21 heavy (non-hydrogen) atoms. The zero-order chi connectivity index (χ0) is 15.7. The van der Waals surface area contributed by atoms with Crippen LogP contribution in [0.1, 0.15) is 58.2 Å². The van der Waals surface area contributed by atoms with Crippen LogP contribution < -0.4 is 5.32 Å². The molecule has 0 aromatic heterocycles. The van der Waals surface area contributed by atoms with Crippen molar-refractivity contribution in [1.82, 2.24) is 10.2 Å². The van der Waals surface area contributed by atoms with Gasteiger partial charge in [-0.2, -0.15) is 0 Å². The second kappa shape index (κ2) is 9.97. The summed E-state index contributed by atoms with van der Waals surface area (Å²) in [4.78, 5) is 2.51. The fourth-order valence-electron chi connectivity index (χ4n) is 2.72. The zero-order valence-corrected chi connectivity index (χ0v) is 14.7. The minimum Gasteiger partial charge on any atom is -0.309 e. The van der Waals surface area contributed by atoms with E-state index in [0.29, 0.717) is 6.04 Å². The first-order valence-electron chi connectivity index (χ1n) is 8.61. The summed E-state index contributed by atoms with van der Waals surface area (Å²) in [5.41, 5.74) is 2.84. The molecule has 0 saturated heterocycles. The van der Waals surface area contributed by atoms with E-state index in [-0.39, 0.29) is 0 Å². The van der Waals surface area contributed by atoms with Crippen LogP contribution in [0, 0.1) is 5.92 Å². The molecule has 0 amide bonds. The van der Waals surface area contributed by atoms with E-state index in [1.165, 1.54) is 30.5 Å². The SMILES string of the molecule is CCCN(CC)CCNC(C)c1ccc(CC(C)C)cc1. The number of rotatable bonds is 10. The average molecular weight is 290 g/mol. The predicted molar refractivity (Wildman–Crippen MR) is 93.8 cm³/mol. The van der Waals surface area contributed by atoms with Gasteiger partial charge in [-0.15, -0.1) is 0 Å². The predicted octanol–water partition coefficient (Wildman–Crippen LogP) is 4.27. The summed E-state index contributed by atoms with van der Waals surface area (Å²) in [5, 5.41) is 3.64. The van der Waals surface area contributed by atoms with Gasteiger partial charge in [-0.05, 0) is 49.9 Å². The van der Waals surface area contributed by atoms with Crippen LogP contribution in [-0.2, 0) is 6.42 Å². The van der Waals surface area contributed by atoms with Crippen molar-refractivity contribution >= 4 is 0 Å². The van der Waals surface area contributed by atoms with Crippen molar-refractivity contribution in [3.05, 3.63) is 35.4 Å². The van der Waals surface area contributed by atoms with Gasteiger partial charge in [-0.3, -0.25) is 0 Å². The molecule has 2 nitrogen and oxygen atoms in total. The summed E-state index contributed by atoms with van der Waals surface area (Å²) in [6.07, 6.45) is 2.41. The summed E-state index contributed by atoms with van der Waals surface area (Å²) >= 11 is 0. The molecular weight excluding hydrogens is 256 g/mol. The Morgan fingerprint density at radius 2 is 1.67 bits per heavy atom. The van der Waals surface area contributed by atoms with Gasteiger partial charge in [0.05, 0.1) is 0 Å². The van der Waals surface area contributed by atoms with E-state index < -0.39 is 0 Å². The van der Waals surface area contributed by atoms with Gasteiger partial charge in [0.25, 0.3) is 0 Å². The fourth-order valence-corrected chi connectivity index (χ4v) is 2.72. The molecule has 120 valence electrons. The fraction of sp³-hybridized carbons (Fsp3) is 0.684. The minimum atomic E-state index is 0.429. The van der Waals surface area contributed by atoms with Crippen LogP contribution in [0.15, 0.2) is 24.3 Å². The first kappa shape index (κ1) is 18.2. The maximum absolute atomic E-state index is 3.64. The number of nitrogens with zero attached hydrogens (tertiary/aromatic N) is 1. The molecule has 0 bridgehead atoms. The van der Waals surface area contributed by atoms with Crippen molar-refractivity contribution in [2.24, 2.45) is 5.92 Å². The smallest absolute Gasteiger partial charge is 0.0292 e. The van der Waals surface area contributed by atoms with Crippen LogP contribution in [0.3, 0.4) is 0 Å². The van der Waals surface area contributed by atoms with Crippen LogP contribution in [0.2, 0.25) is 0 Å². The van der Waals surface area contributed by atoms with E-state index in [0.717, 1.165) is 25.6 Å². The quantitative estimate of drug-likeness (QED) is 0.692. The maximum Gasteiger partial charge on any atom is 0.0292 e. The van der Waals surface area contributed by atoms with Gasteiger partial charge < -0.3 is 10.2 Å². The van der Waals surface area contributed by atoms with E-state index in [4.69, 9.17) is 0 Å². The molecule has 1 aromatic rings. The Morgan fingerprint density at radius 3 is 2.19 bits per heavy atom. The molecule has 0 saturated carbocycles. The lowest BCUT2D eigenvalue weighted by atomic mass is 10.00. The molecule has 2 heteroatoms. The van der Waals surface area contributed by atoms with Crippen molar-refractivity contribution in [2.75, 3.05) is 26.2 Å². The molecule has 0 spiro atoms. The molecule has 0 aliphatic heterocycles. The average Bonchev–Trinajstić information content (AvgIpc) is 2.46. The van der Waals surface area contributed by atoms with Crippen molar-refractivity contribution in [3.8, 4) is 0 Å². The highest BCUT2D eigenvalue weighted by Crippen LogP contribution is 2.15. The molecule has 1 aromatic carbocycles. The third-order valence-electron chi connectivity index (χ3n) is 3.99. The Labute approximate surface area is 131 Å². The Bertz CT molecular complexity index is 370. The Balaban J connectivity index is 2.39. The summed E-state index contributed by atoms with van der Waals surface area (Å²) in [6.45, 7) is 15.8. The Morgan fingerprint density at radius 1 is 1.00 bits per heavy atom. The lowest BCUT2D eigenvalue weighted by molar-refractivity contribution is 0.284. The normalized spacial score (nSPS) is 13.1. The highest BCUT2D eigenvalue weighted by Gasteiger charge is 2.06. The molecule has 1 rings (SSSR count). The number of hydrogen-bond acceptors (Lipinski definition) is 2. The van der Waals surface area contributed by atoms with Gasteiger partial charge >= 0.3 is 0 Å². The van der Waals surface area contributed by atoms with Crippen molar-refractivity contribution in [1.29, 1.82) is 0 Å². The van der Waals surface area contributed by atoms with E-state index in [9.17, 15) is 0 Å². The van der Waals surface area contributed by atoms with E-state index >= 15 is 0 Å². The van der Waals surface area contributed by atoms with Gasteiger partial charge in [0.1, 0.15) is 0 Å². The molecule has 0 aliphatic rings. The lowest BCUT2D eigenvalue weighted by Gasteiger charge is -2.21. The summed E-state index contributed by atoms with van der Waals surface area (Å²) in [6, 6.07) is 9.54. The van der Waals surface area contributed by atoms with Gasteiger partial charge in [0.2, 0.25) is 0 Å². The summed E-state index contributed by atoms with van der Waals surface area (Å²) < 4.78 is 0. The van der Waals surface area contributed by atoms with Crippen molar-refractivity contribution in [2.45, 2.75) is 53.5 Å². The Hall–Kier alpha value is -0.860. The minimum absolute atomic E-state index is 0.429. The standard InChI is InChI=1S/C19H34N2/c1-6-13-21(7-2)14-12-20-17(5)19-10-8-18(9-11-19)15-16(3)4/h8-11,16-17,20H,6-7,12-15H2,1-5H3. The zero-order valence-electron chi connectivity index (χ0n) is 14.7. The third kappa shape index (κ3) is 7.10. The molecular formula is C19H34N2. The number of benzene rings is 1. The van der Waals surface area contributed by atoms with E-state index in [2.05, 4.69) is 69.1 Å². The van der Waals surface area contributed by atoms with Crippen LogP contribution in [0.25, 0.3) is 0 Å². The monoisotopic (exact) mass is 290 g/mol. The number of hydrogen-bond donors (Lipinski definition) is 1. The third-order valence-corrected chi connectivity index (χ3v) is 3.99. The molecule has 1 N–H and O–H groups in total. The largest absolute Gasteiger partial charge is 0.309 e. The number of nitrogens with one attached hydrogen (secondary N) is 1. The highest BCUT2D eigenvalue weighted by molar-refractivity contribution is 5.25. The maximum atomic E-state index is 3.64. The van der Waals surface area contributed by atoms with Crippen LogP contribution in [-0.4, -0.2) is 31.1 Å². The van der Waals surface area contributed by atoms with Gasteiger partial charge in [0.15, 0.2) is 0 Å². The van der Waals surface area contributed by atoms with E-state index in [1.807, 2.05) is 0 Å². The van der Waals surface area contributed by atoms with Gasteiger partial charge in [0, 0.05) is 19.1 Å².